The second kappa shape index (κ2) is 5.77. The molecule has 5 heteroatoms. The molecule has 0 aliphatic heterocycles. The number of hydrogen-bond donors (Lipinski definition) is 0. The monoisotopic (exact) mass is 436 g/mol. The molecule has 0 bridgehead atoms. The Morgan fingerprint density at radius 2 is 1.47 bits per heavy atom. The highest BCUT2D eigenvalue weighted by molar-refractivity contribution is 6.32. The predicted octanol–water partition coefficient (Wildman–Crippen LogP) is 5.32. The number of benzene rings is 2. The summed E-state index contributed by atoms with van der Waals surface area (Å²) < 4.78 is 4.02. The van der Waals surface area contributed by atoms with Crippen LogP contribution in [0.25, 0.3) is 77.9 Å². The second-order valence-corrected chi connectivity index (χ2v) is 8.79. The van der Waals surface area contributed by atoms with Crippen LogP contribution in [0.4, 0.5) is 0 Å². The maximum absolute atomic E-state index is 14.2. The zero-order chi connectivity index (χ0) is 22.7. The molecule has 0 saturated carbocycles. The first-order valence-corrected chi connectivity index (χ1v) is 11.1. The van der Waals surface area contributed by atoms with Crippen LogP contribution < -0.4 is 10.8 Å². The van der Waals surface area contributed by atoms with Crippen molar-refractivity contribution in [3.63, 3.8) is 0 Å². The Balaban J connectivity index is 1.84. The Labute approximate surface area is 191 Å². The molecule has 0 amide bonds. The van der Waals surface area contributed by atoms with Gasteiger partial charge in [0.05, 0.1) is 40.0 Å². The third kappa shape index (κ3) is 1.79. The van der Waals surface area contributed by atoms with E-state index >= 15 is 0 Å². The van der Waals surface area contributed by atoms with Gasteiger partial charge in [0.2, 0.25) is 0 Å². The molecule has 0 aliphatic carbocycles. The molecule has 8 aromatic rings. The van der Waals surface area contributed by atoms with Gasteiger partial charge in [-0.15, -0.1) is 0 Å². The first-order valence-electron chi connectivity index (χ1n) is 11.1. The minimum Gasteiger partial charge on any atom is -0.305 e. The number of fused-ring (bicyclic) bond motifs is 11. The van der Waals surface area contributed by atoms with Crippen LogP contribution in [0.15, 0.2) is 78.6 Å². The molecule has 8 rings (SSSR count). The van der Waals surface area contributed by atoms with E-state index in [1.54, 1.807) is 16.8 Å². The average molecular weight is 436 g/mol. The fourth-order valence-corrected chi connectivity index (χ4v) is 6.00. The van der Waals surface area contributed by atoms with E-state index in [9.17, 15) is 4.79 Å². The first kappa shape index (κ1) is 17.7. The molecule has 0 fully saturated rings. The van der Waals surface area contributed by atoms with Gasteiger partial charge in [-0.2, -0.15) is 0 Å². The van der Waals surface area contributed by atoms with E-state index in [0.717, 1.165) is 70.7 Å². The molecule has 158 valence electrons. The quantitative estimate of drug-likeness (QED) is 0.350. The number of hydrogen-bond acceptors (Lipinski definition) is 3. The van der Waals surface area contributed by atoms with E-state index in [1.807, 2.05) is 60.9 Å². The predicted molar refractivity (Wildman–Crippen MR) is 140 cm³/mol. The number of aromatic nitrogens is 4. The zero-order valence-electron chi connectivity index (χ0n) is 18.0. The molecule has 6 heterocycles. The van der Waals surface area contributed by atoms with Gasteiger partial charge in [0.1, 0.15) is 0 Å². The molecule has 0 spiro atoms. The third-order valence-electron chi connectivity index (χ3n) is 7.31. The summed E-state index contributed by atoms with van der Waals surface area (Å²) in [6.45, 7) is 8.54. The van der Waals surface area contributed by atoms with Crippen LogP contribution in [0.1, 0.15) is 5.56 Å². The lowest BCUT2D eigenvalue weighted by Crippen LogP contribution is -2.16. The topological polar surface area (TPSA) is 51.7 Å². The normalized spacial score (nSPS) is 12.5. The lowest BCUT2D eigenvalue weighted by molar-refractivity contribution is 1.19. The summed E-state index contributed by atoms with van der Waals surface area (Å²) in [6.07, 6.45) is 9.23. The molecule has 0 saturated heterocycles. The SMILES string of the molecule is C=Cc1c2c(cc3c4ccncc4n4c5cnccc5c2c34)c(=O)n2c1c(=C)c1ccccc12. The molecular formula is C29H16N4O. The van der Waals surface area contributed by atoms with Crippen molar-refractivity contribution in [3.05, 3.63) is 95.0 Å². The summed E-state index contributed by atoms with van der Waals surface area (Å²) in [4.78, 5) is 22.9. The standard InChI is InChI=1S/C29H16N4O/c1-3-16-25-21(29(34)33-22-7-5-4-6-17(22)15(2)27(16)33)12-20-18-8-10-30-13-23(18)32-24-14-31-11-9-19(24)26(25)28(20)32/h3-14H,1-2H2. The molecule has 0 radical (unpaired) electrons. The van der Waals surface area contributed by atoms with Crippen molar-refractivity contribution < 1.29 is 0 Å². The van der Waals surface area contributed by atoms with Crippen molar-refractivity contribution in [2.45, 2.75) is 0 Å². The Morgan fingerprint density at radius 3 is 2.26 bits per heavy atom. The van der Waals surface area contributed by atoms with Crippen LogP contribution in [0, 0.1) is 0 Å². The van der Waals surface area contributed by atoms with Gasteiger partial charge in [0.25, 0.3) is 5.56 Å². The van der Waals surface area contributed by atoms with Crippen molar-refractivity contribution in [2.24, 2.45) is 0 Å². The number of para-hydroxylation sites is 1. The fourth-order valence-electron chi connectivity index (χ4n) is 6.00. The highest BCUT2D eigenvalue weighted by Gasteiger charge is 2.24. The van der Waals surface area contributed by atoms with Crippen LogP contribution in [-0.4, -0.2) is 18.8 Å². The largest absolute Gasteiger partial charge is 0.305 e. The number of rotatable bonds is 1. The summed E-state index contributed by atoms with van der Waals surface area (Å²) in [5, 5.41) is 7.60. The average Bonchev–Trinajstić information content (AvgIpc) is 3.50. The summed E-state index contributed by atoms with van der Waals surface area (Å²) in [5.74, 6) is 0. The molecule has 5 nitrogen and oxygen atoms in total. The Bertz CT molecular complexity index is 2290. The van der Waals surface area contributed by atoms with Gasteiger partial charge in [-0.1, -0.05) is 37.4 Å². The summed E-state index contributed by atoms with van der Waals surface area (Å²) in [6, 6.07) is 14.0. The van der Waals surface area contributed by atoms with E-state index in [0.29, 0.717) is 5.39 Å². The van der Waals surface area contributed by atoms with Crippen LogP contribution in [0.3, 0.4) is 0 Å². The summed E-state index contributed by atoms with van der Waals surface area (Å²) >= 11 is 0. The van der Waals surface area contributed by atoms with Crippen molar-refractivity contribution in [2.75, 3.05) is 0 Å². The Morgan fingerprint density at radius 1 is 0.735 bits per heavy atom. The van der Waals surface area contributed by atoms with Gasteiger partial charge in [-0.25, -0.2) is 0 Å². The minimum absolute atomic E-state index is 0.0442. The van der Waals surface area contributed by atoms with E-state index in [4.69, 9.17) is 0 Å². The highest BCUT2D eigenvalue weighted by Crippen LogP contribution is 2.43. The summed E-state index contributed by atoms with van der Waals surface area (Å²) in [7, 11) is 0. The number of pyridine rings is 3. The lowest BCUT2D eigenvalue weighted by Gasteiger charge is -2.09. The van der Waals surface area contributed by atoms with E-state index in [1.165, 1.54) is 0 Å². The number of nitrogens with zero attached hydrogens (tertiary/aromatic N) is 4. The van der Waals surface area contributed by atoms with Crippen molar-refractivity contribution in [1.29, 1.82) is 0 Å². The zero-order valence-corrected chi connectivity index (χ0v) is 18.0. The van der Waals surface area contributed by atoms with Crippen LogP contribution in [0.5, 0.6) is 0 Å². The smallest absolute Gasteiger partial charge is 0.263 e. The molecule has 0 N–H and O–H groups in total. The highest BCUT2D eigenvalue weighted by atomic mass is 16.1. The lowest BCUT2D eigenvalue weighted by atomic mass is 9.97. The van der Waals surface area contributed by atoms with Crippen molar-refractivity contribution in [3.8, 4) is 0 Å². The fraction of sp³-hybridized carbons (Fsp3) is 0. The van der Waals surface area contributed by atoms with Crippen LogP contribution in [0.2, 0.25) is 0 Å². The third-order valence-corrected chi connectivity index (χ3v) is 7.31. The Kier molecular flexibility index (Phi) is 3.01. The van der Waals surface area contributed by atoms with Gasteiger partial charge in [0, 0.05) is 60.9 Å². The summed E-state index contributed by atoms with van der Waals surface area (Å²) in [5.41, 5.74) is 5.64. The van der Waals surface area contributed by atoms with Crippen LogP contribution in [-0.2, 0) is 0 Å². The van der Waals surface area contributed by atoms with Gasteiger partial charge < -0.3 is 4.40 Å². The second-order valence-electron chi connectivity index (χ2n) is 8.79. The Hall–Kier alpha value is -4.77. The van der Waals surface area contributed by atoms with E-state index in [2.05, 4.69) is 27.5 Å². The molecule has 2 aromatic carbocycles. The van der Waals surface area contributed by atoms with Crippen molar-refractivity contribution >= 4 is 77.9 Å². The van der Waals surface area contributed by atoms with Gasteiger partial charge in [-0.3, -0.25) is 19.2 Å². The van der Waals surface area contributed by atoms with E-state index < -0.39 is 0 Å². The molecule has 0 aliphatic rings. The van der Waals surface area contributed by atoms with Gasteiger partial charge in [0.15, 0.2) is 0 Å². The van der Waals surface area contributed by atoms with Crippen LogP contribution >= 0.6 is 0 Å². The molecule has 34 heavy (non-hydrogen) atoms. The maximum atomic E-state index is 14.2. The molecular weight excluding hydrogens is 420 g/mol. The minimum atomic E-state index is -0.0442. The van der Waals surface area contributed by atoms with Gasteiger partial charge in [-0.05, 0) is 24.3 Å². The van der Waals surface area contributed by atoms with E-state index in [-0.39, 0.29) is 5.56 Å². The molecule has 0 atom stereocenters. The first-order chi connectivity index (χ1) is 16.7. The van der Waals surface area contributed by atoms with Gasteiger partial charge >= 0.3 is 0 Å². The molecule has 6 aromatic heterocycles. The maximum Gasteiger partial charge on any atom is 0.263 e. The molecule has 0 unspecified atom stereocenters. The van der Waals surface area contributed by atoms with Crippen molar-refractivity contribution in [1.82, 2.24) is 18.8 Å².